The predicted octanol–water partition coefficient (Wildman–Crippen LogP) is 1.57. The molecule has 0 aromatic carbocycles. The highest BCUT2D eigenvalue weighted by molar-refractivity contribution is 5.78. The topological polar surface area (TPSA) is 36.0 Å². The quantitative estimate of drug-likeness (QED) is 0.790. The van der Waals surface area contributed by atoms with Crippen molar-refractivity contribution in [3.63, 3.8) is 0 Å². The summed E-state index contributed by atoms with van der Waals surface area (Å²) in [6.07, 6.45) is 7.14. The van der Waals surface area contributed by atoms with E-state index in [1.54, 1.807) is 0 Å². The summed E-state index contributed by atoms with van der Waals surface area (Å²) in [4.78, 5) is 19.8. The second kappa shape index (κ2) is 8.45. The van der Waals surface area contributed by atoms with Crippen molar-refractivity contribution in [2.24, 2.45) is 0 Å². The Morgan fingerprint density at radius 1 is 0.957 bits per heavy atom. The summed E-state index contributed by atoms with van der Waals surface area (Å²) >= 11 is 0. The van der Waals surface area contributed by atoms with Gasteiger partial charge in [0.2, 0.25) is 5.91 Å². The Morgan fingerprint density at radius 3 is 2.57 bits per heavy atom. The molecule has 23 heavy (non-hydrogen) atoms. The van der Waals surface area contributed by atoms with Crippen molar-refractivity contribution < 1.29 is 9.53 Å². The molecule has 3 aliphatic rings. The molecule has 0 bridgehead atoms. The van der Waals surface area contributed by atoms with Crippen LogP contribution in [0.1, 0.15) is 45.4 Å². The first-order valence-electron chi connectivity index (χ1n) is 9.57. The Bertz CT molecular complexity index is 384. The lowest BCUT2D eigenvalue weighted by atomic mass is 10.0. The molecule has 5 nitrogen and oxygen atoms in total. The first kappa shape index (κ1) is 17.2. The molecule has 0 unspecified atom stereocenters. The van der Waals surface area contributed by atoms with E-state index in [1.165, 1.54) is 45.1 Å². The largest absolute Gasteiger partial charge is 0.381 e. The summed E-state index contributed by atoms with van der Waals surface area (Å²) in [5.74, 6) is 0.344. The molecule has 0 aromatic heterocycles. The van der Waals surface area contributed by atoms with Gasteiger partial charge in [-0.3, -0.25) is 14.6 Å². The lowest BCUT2D eigenvalue weighted by Gasteiger charge is -2.35. The van der Waals surface area contributed by atoms with Crippen LogP contribution in [-0.4, -0.2) is 85.2 Å². The number of piperidine rings is 1. The first-order valence-corrected chi connectivity index (χ1v) is 9.57. The lowest BCUT2D eigenvalue weighted by Crippen LogP contribution is -2.47. The minimum absolute atomic E-state index is 0.344. The Labute approximate surface area is 140 Å². The van der Waals surface area contributed by atoms with Crippen LogP contribution in [0.15, 0.2) is 0 Å². The number of carbonyl (C=O) groups excluding carboxylic acids is 1. The summed E-state index contributed by atoms with van der Waals surface area (Å²) in [7, 11) is 0. The highest BCUT2D eigenvalue weighted by Gasteiger charge is 2.27. The van der Waals surface area contributed by atoms with Gasteiger partial charge in [-0.25, -0.2) is 0 Å². The fourth-order valence-corrected chi connectivity index (χ4v) is 4.32. The van der Waals surface area contributed by atoms with Crippen molar-refractivity contribution in [3.05, 3.63) is 0 Å². The fraction of sp³-hybridized carbons (Fsp3) is 0.944. The zero-order valence-corrected chi connectivity index (χ0v) is 14.7. The van der Waals surface area contributed by atoms with Crippen molar-refractivity contribution in [1.29, 1.82) is 0 Å². The van der Waals surface area contributed by atoms with E-state index in [2.05, 4.69) is 21.6 Å². The Kier molecular flexibility index (Phi) is 6.31. The molecule has 0 aliphatic carbocycles. The second-order valence-corrected chi connectivity index (χ2v) is 7.44. The standard InChI is InChI=1S/C18H33N3O2/c1-16-5-2-3-10-21(16)18(22)15-19-8-4-9-20(12-11-19)17-6-13-23-14-7-17/h16-17H,2-15H2,1H3/t16-/m0/s1. The van der Waals surface area contributed by atoms with Gasteiger partial charge in [0, 0.05) is 44.9 Å². The van der Waals surface area contributed by atoms with Gasteiger partial charge < -0.3 is 9.64 Å². The number of likely N-dealkylation sites (tertiary alicyclic amines) is 1. The zero-order chi connectivity index (χ0) is 16.1. The van der Waals surface area contributed by atoms with Gasteiger partial charge in [-0.15, -0.1) is 0 Å². The van der Waals surface area contributed by atoms with E-state index in [9.17, 15) is 4.79 Å². The van der Waals surface area contributed by atoms with Gasteiger partial charge in [-0.1, -0.05) is 0 Å². The normalized spacial score (nSPS) is 29.4. The molecule has 0 spiro atoms. The SMILES string of the molecule is C[C@H]1CCCCN1C(=O)CN1CCCN(C2CCOCC2)CC1. The third-order valence-electron chi connectivity index (χ3n) is 5.81. The number of ether oxygens (including phenoxy) is 1. The molecule has 0 aromatic rings. The third kappa shape index (κ3) is 4.68. The Balaban J connectivity index is 1.46. The van der Waals surface area contributed by atoms with Crippen molar-refractivity contribution in [2.45, 2.75) is 57.5 Å². The Morgan fingerprint density at radius 2 is 1.78 bits per heavy atom. The number of amides is 1. The molecule has 0 N–H and O–H groups in total. The van der Waals surface area contributed by atoms with Crippen LogP contribution in [0.4, 0.5) is 0 Å². The highest BCUT2D eigenvalue weighted by Crippen LogP contribution is 2.18. The Hall–Kier alpha value is -0.650. The molecule has 3 heterocycles. The average molecular weight is 323 g/mol. The number of carbonyl (C=O) groups is 1. The van der Waals surface area contributed by atoms with Gasteiger partial charge in [-0.2, -0.15) is 0 Å². The monoisotopic (exact) mass is 323 g/mol. The van der Waals surface area contributed by atoms with Gasteiger partial charge >= 0.3 is 0 Å². The van der Waals surface area contributed by atoms with Gasteiger partial charge in [0.1, 0.15) is 0 Å². The molecule has 0 saturated carbocycles. The molecular formula is C18H33N3O2. The molecular weight excluding hydrogens is 290 g/mol. The molecule has 1 amide bonds. The van der Waals surface area contributed by atoms with Crippen LogP contribution in [-0.2, 0) is 9.53 Å². The minimum atomic E-state index is 0.344. The highest BCUT2D eigenvalue weighted by atomic mass is 16.5. The van der Waals surface area contributed by atoms with E-state index >= 15 is 0 Å². The van der Waals surface area contributed by atoms with Crippen LogP contribution >= 0.6 is 0 Å². The summed E-state index contributed by atoms with van der Waals surface area (Å²) in [5.41, 5.74) is 0. The van der Waals surface area contributed by atoms with E-state index in [1.807, 2.05) is 0 Å². The number of hydrogen-bond donors (Lipinski definition) is 0. The van der Waals surface area contributed by atoms with Gasteiger partial charge in [0.25, 0.3) is 0 Å². The molecule has 0 radical (unpaired) electrons. The first-order chi connectivity index (χ1) is 11.2. The van der Waals surface area contributed by atoms with E-state index in [0.29, 0.717) is 24.5 Å². The molecule has 3 saturated heterocycles. The van der Waals surface area contributed by atoms with E-state index in [-0.39, 0.29) is 0 Å². The van der Waals surface area contributed by atoms with Crippen molar-refractivity contribution in [3.8, 4) is 0 Å². The molecule has 3 fully saturated rings. The summed E-state index contributed by atoms with van der Waals surface area (Å²) in [5, 5.41) is 0. The third-order valence-corrected chi connectivity index (χ3v) is 5.81. The van der Waals surface area contributed by atoms with Crippen molar-refractivity contribution >= 4 is 5.91 Å². The van der Waals surface area contributed by atoms with E-state index in [0.717, 1.165) is 39.4 Å². The van der Waals surface area contributed by atoms with Gasteiger partial charge in [0.15, 0.2) is 0 Å². The minimum Gasteiger partial charge on any atom is -0.381 e. The van der Waals surface area contributed by atoms with E-state index < -0.39 is 0 Å². The van der Waals surface area contributed by atoms with Gasteiger partial charge in [0.05, 0.1) is 6.54 Å². The van der Waals surface area contributed by atoms with Crippen LogP contribution in [0.3, 0.4) is 0 Å². The molecule has 3 rings (SSSR count). The predicted molar refractivity (Wildman–Crippen MR) is 91.5 cm³/mol. The van der Waals surface area contributed by atoms with Crippen LogP contribution in [0.25, 0.3) is 0 Å². The van der Waals surface area contributed by atoms with Gasteiger partial charge in [-0.05, 0) is 58.5 Å². The summed E-state index contributed by atoms with van der Waals surface area (Å²) in [6.45, 7) is 9.98. The smallest absolute Gasteiger partial charge is 0.236 e. The molecule has 3 aliphatic heterocycles. The van der Waals surface area contributed by atoms with Crippen LogP contribution in [0, 0.1) is 0 Å². The fourth-order valence-electron chi connectivity index (χ4n) is 4.32. The molecule has 5 heteroatoms. The second-order valence-electron chi connectivity index (χ2n) is 7.44. The maximum Gasteiger partial charge on any atom is 0.236 e. The molecule has 1 atom stereocenters. The van der Waals surface area contributed by atoms with Crippen LogP contribution < -0.4 is 0 Å². The maximum atomic E-state index is 12.6. The molecule has 132 valence electrons. The maximum absolute atomic E-state index is 12.6. The van der Waals surface area contributed by atoms with Crippen LogP contribution in [0.5, 0.6) is 0 Å². The number of rotatable bonds is 3. The number of hydrogen-bond acceptors (Lipinski definition) is 4. The van der Waals surface area contributed by atoms with Crippen molar-refractivity contribution in [2.75, 3.05) is 52.5 Å². The summed E-state index contributed by atoms with van der Waals surface area (Å²) < 4.78 is 5.49. The zero-order valence-electron chi connectivity index (χ0n) is 14.7. The summed E-state index contributed by atoms with van der Waals surface area (Å²) in [6, 6.07) is 1.13. The van der Waals surface area contributed by atoms with Crippen LogP contribution in [0.2, 0.25) is 0 Å². The lowest BCUT2D eigenvalue weighted by molar-refractivity contribution is -0.135. The average Bonchev–Trinajstić information content (AvgIpc) is 2.81. The van der Waals surface area contributed by atoms with Crippen molar-refractivity contribution in [1.82, 2.24) is 14.7 Å². The van der Waals surface area contributed by atoms with E-state index in [4.69, 9.17) is 4.74 Å². The number of nitrogens with zero attached hydrogens (tertiary/aromatic N) is 3.